The summed E-state index contributed by atoms with van der Waals surface area (Å²) in [4.78, 5) is 0. The third-order valence-electron chi connectivity index (χ3n) is 4.69. The molecule has 0 aromatic carbocycles. The Balaban J connectivity index is 1.53. The van der Waals surface area contributed by atoms with Crippen LogP contribution in [0.15, 0.2) is 12.2 Å². The SMILES string of the molecule is CC(NC1CCOCC1)C1CC2C=CC1C2. The molecule has 2 aliphatic carbocycles. The van der Waals surface area contributed by atoms with Gasteiger partial charge in [0.05, 0.1) is 0 Å². The van der Waals surface area contributed by atoms with E-state index in [1.54, 1.807) is 0 Å². The number of rotatable bonds is 3. The molecule has 0 amide bonds. The Morgan fingerprint density at radius 1 is 1.19 bits per heavy atom. The molecule has 0 aromatic rings. The summed E-state index contributed by atoms with van der Waals surface area (Å²) >= 11 is 0. The van der Waals surface area contributed by atoms with Crippen molar-refractivity contribution >= 4 is 0 Å². The fourth-order valence-corrected chi connectivity index (χ4v) is 3.76. The lowest BCUT2D eigenvalue weighted by Gasteiger charge is -2.32. The van der Waals surface area contributed by atoms with Gasteiger partial charge in [-0.1, -0.05) is 12.2 Å². The first kappa shape index (κ1) is 10.8. The lowest BCUT2D eigenvalue weighted by atomic mass is 9.87. The second-order valence-electron chi connectivity index (χ2n) is 5.79. The third kappa shape index (κ3) is 2.05. The van der Waals surface area contributed by atoms with Crippen molar-refractivity contribution in [3.63, 3.8) is 0 Å². The van der Waals surface area contributed by atoms with E-state index >= 15 is 0 Å². The molecule has 0 spiro atoms. The molecular formula is C14H23NO. The summed E-state index contributed by atoms with van der Waals surface area (Å²) in [6, 6.07) is 1.38. The van der Waals surface area contributed by atoms with Gasteiger partial charge in [-0.25, -0.2) is 0 Å². The molecule has 2 fully saturated rings. The van der Waals surface area contributed by atoms with E-state index in [1.165, 1.54) is 25.7 Å². The van der Waals surface area contributed by atoms with Gasteiger partial charge in [0.25, 0.3) is 0 Å². The van der Waals surface area contributed by atoms with Crippen LogP contribution < -0.4 is 5.32 Å². The average molecular weight is 221 g/mol. The minimum Gasteiger partial charge on any atom is -0.381 e. The van der Waals surface area contributed by atoms with E-state index in [4.69, 9.17) is 4.74 Å². The largest absolute Gasteiger partial charge is 0.381 e. The van der Waals surface area contributed by atoms with Crippen molar-refractivity contribution in [1.29, 1.82) is 0 Å². The average Bonchev–Trinajstić information content (AvgIpc) is 2.92. The standard InChI is InChI=1S/C14H23NO/c1-10(15-13-4-6-16-7-5-13)14-9-11-2-3-12(14)8-11/h2-3,10-15H,4-9H2,1H3. The Kier molecular flexibility index (Phi) is 3.03. The summed E-state index contributed by atoms with van der Waals surface area (Å²) in [5, 5.41) is 3.83. The highest BCUT2D eigenvalue weighted by molar-refractivity contribution is 5.11. The van der Waals surface area contributed by atoms with Crippen molar-refractivity contribution < 1.29 is 4.74 Å². The Labute approximate surface area is 98.4 Å². The van der Waals surface area contributed by atoms with Crippen molar-refractivity contribution in [2.45, 2.75) is 44.7 Å². The Bertz CT molecular complexity index is 270. The molecule has 1 aliphatic heterocycles. The lowest BCUT2D eigenvalue weighted by molar-refractivity contribution is 0.0723. The Morgan fingerprint density at radius 2 is 2.00 bits per heavy atom. The summed E-state index contributed by atoms with van der Waals surface area (Å²) in [5.41, 5.74) is 0. The van der Waals surface area contributed by atoms with Crippen LogP contribution in [-0.2, 0) is 4.74 Å². The van der Waals surface area contributed by atoms with Crippen LogP contribution in [0.3, 0.4) is 0 Å². The van der Waals surface area contributed by atoms with Gasteiger partial charge >= 0.3 is 0 Å². The molecule has 1 saturated carbocycles. The van der Waals surface area contributed by atoms with Crippen molar-refractivity contribution in [3.8, 4) is 0 Å². The third-order valence-corrected chi connectivity index (χ3v) is 4.69. The number of fused-ring (bicyclic) bond motifs is 2. The first-order valence-corrected chi connectivity index (χ1v) is 6.85. The van der Waals surface area contributed by atoms with Crippen LogP contribution >= 0.6 is 0 Å². The molecule has 16 heavy (non-hydrogen) atoms. The predicted octanol–water partition coefficient (Wildman–Crippen LogP) is 2.36. The van der Waals surface area contributed by atoms with E-state index in [2.05, 4.69) is 24.4 Å². The monoisotopic (exact) mass is 221 g/mol. The number of hydrogen-bond donors (Lipinski definition) is 1. The van der Waals surface area contributed by atoms with Gasteiger partial charge in [-0.15, -0.1) is 0 Å². The second-order valence-corrected chi connectivity index (χ2v) is 5.79. The predicted molar refractivity (Wildman–Crippen MR) is 65.3 cm³/mol. The number of allylic oxidation sites excluding steroid dienone is 2. The summed E-state index contributed by atoms with van der Waals surface area (Å²) in [6.07, 6.45) is 10.1. The molecule has 1 N–H and O–H groups in total. The number of hydrogen-bond acceptors (Lipinski definition) is 2. The highest BCUT2D eigenvalue weighted by Gasteiger charge is 2.38. The molecule has 1 saturated heterocycles. The fourth-order valence-electron chi connectivity index (χ4n) is 3.76. The molecule has 3 aliphatic rings. The van der Waals surface area contributed by atoms with Crippen LogP contribution in [0.1, 0.15) is 32.6 Å². The number of nitrogens with one attached hydrogen (secondary N) is 1. The zero-order chi connectivity index (χ0) is 11.0. The van der Waals surface area contributed by atoms with E-state index < -0.39 is 0 Å². The maximum atomic E-state index is 5.40. The molecule has 0 radical (unpaired) electrons. The first-order valence-electron chi connectivity index (χ1n) is 6.85. The van der Waals surface area contributed by atoms with Gasteiger partial charge in [0, 0.05) is 25.3 Å². The molecule has 4 atom stereocenters. The van der Waals surface area contributed by atoms with Gasteiger partial charge in [0.1, 0.15) is 0 Å². The van der Waals surface area contributed by atoms with E-state index in [9.17, 15) is 0 Å². The molecule has 3 rings (SSSR count). The Hall–Kier alpha value is -0.340. The lowest BCUT2D eigenvalue weighted by Crippen LogP contribution is -2.44. The van der Waals surface area contributed by atoms with Gasteiger partial charge in [-0.05, 0) is 50.4 Å². The highest BCUT2D eigenvalue weighted by Crippen LogP contribution is 2.44. The first-order chi connectivity index (χ1) is 7.83. The Morgan fingerprint density at radius 3 is 2.62 bits per heavy atom. The van der Waals surface area contributed by atoms with Crippen molar-refractivity contribution in [2.24, 2.45) is 17.8 Å². The van der Waals surface area contributed by atoms with Crippen LogP contribution in [0.4, 0.5) is 0 Å². The normalized spacial score (nSPS) is 40.4. The molecular weight excluding hydrogens is 198 g/mol. The van der Waals surface area contributed by atoms with Crippen LogP contribution in [0.2, 0.25) is 0 Å². The molecule has 0 aromatic heterocycles. The maximum absolute atomic E-state index is 5.40. The van der Waals surface area contributed by atoms with Crippen LogP contribution in [0, 0.1) is 17.8 Å². The van der Waals surface area contributed by atoms with Crippen molar-refractivity contribution in [3.05, 3.63) is 12.2 Å². The molecule has 90 valence electrons. The fraction of sp³-hybridized carbons (Fsp3) is 0.857. The molecule has 2 heteroatoms. The maximum Gasteiger partial charge on any atom is 0.0480 e. The number of ether oxygens (including phenoxy) is 1. The van der Waals surface area contributed by atoms with E-state index in [0.717, 1.165) is 31.0 Å². The van der Waals surface area contributed by atoms with Gasteiger partial charge < -0.3 is 10.1 Å². The molecule has 1 heterocycles. The second kappa shape index (κ2) is 4.50. The quantitative estimate of drug-likeness (QED) is 0.739. The zero-order valence-electron chi connectivity index (χ0n) is 10.2. The zero-order valence-corrected chi connectivity index (χ0v) is 10.2. The minimum absolute atomic E-state index is 0.683. The van der Waals surface area contributed by atoms with E-state index in [0.29, 0.717) is 12.1 Å². The van der Waals surface area contributed by atoms with Gasteiger partial charge in [0.15, 0.2) is 0 Å². The summed E-state index contributed by atoms with van der Waals surface area (Å²) in [6.45, 7) is 4.27. The van der Waals surface area contributed by atoms with Crippen LogP contribution in [0.25, 0.3) is 0 Å². The van der Waals surface area contributed by atoms with Gasteiger partial charge in [0.2, 0.25) is 0 Å². The van der Waals surface area contributed by atoms with Gasteiger partial charge in [-0.3, -0.25) is 0 Å². The van der Waals surface area contributed by atoms with Gasteiger partial charge in [-0.2, -0.15) is 0 Å². The summed E-state index contributed by atoms with van der Waals surface area (Å²) in [7, 11) is 0. The van der Waals surface area contributed by atoms with Crippen LogP contribution in [0.5, 0.6) is 0 Å². The van der Waals surface area contributed by atoms with Crippen molar-refractivity contribution in [1.82, 2.24) is 5.32 Å². The minimum atomic E-state index is 0.683. The van der Waals surface area contributed by atoms with E-state index in [-0.39, 0.29) is 0 Å². The molecule has 4 unspecified atom stereocenters. The summed E-state index contributed by atoms with van der Waals surface area (Å²) in [5.74, 6) is 2.65. The smallest absolute Gasteiger partial charge is 0.0480 e. The topological polar surface area (TPSA) is 21.3 Å². The highest BCUT2D eigenvalue weighted by atomic mass is 16.5. The molecule has 2 nitrogen and oxygen atoms in total. The van der Waals surface area contributed by atoms with Crippen molar-refractivity contribution in [2.75, 3.05) is 13.2 Å². The van der Waals surface area contributed by atoms with Crippen LogP contribution in [-0.4, -0.2) is 25.3 Å². The van der Waals surface area contributed by atoms with E-state index in [1.807, 2.05) is 0 Å². The molecule has 2 bridgehead atoms. The summed E-state index contributed by atoms with van der Waals surface area (Å²) < 4.78 is 5.40.